The molecule has 0 atom stereocenters. The van der Waals surface area contributed by atoms with E-state index in [-0.39, 0.29) is 0 Å². The minimum atomic E-state index is 1.000. The average molecular weight is 218 g/mol. The summed E-state index contributed by atoms with van der Waals surface area (Å²) in [6.07, 6.45) is 3.07. The molecule has 2 aromatic rings. The molecule has 0 saturated heterocycles. The Labute approximate surface area is 93.4 Å². The lowest BCUT2D eigenvalue weighted by atomic mass is 10.00. The van der Waals surface area contributed by atoms with Gasteiger partial charge in [-0.3, -0.25) is 0 Å². The SMILES string of the molecule is CCc1nc2c([nH]1)Cc1cc(C)sc1C2. The van der Waals surface area contributed by atoms with Crippen molar-refractivity contribution in [1.29, 1.82) is 0 Å². The van der Waals surface area contributed by atoms with Crippen LogP contribution in [0.5, 0.6) is 0 Å². The van der Waals surface area contributed by atoms with E-state index in [1.54, 1.807) is 0 Å². The minimum absolute atomic E-state index is 1.000. The molecule has 0 radical (unpaired) electrons. The van der Waals surface area contributed by atoms with Crippen molar-refractivity contribution in [1.82, 2.24) is 9.97 Å². The van der Waals surface area contributed by atoms with Gasteiger partial charge in [-0.05, 0) is 18.6 Å². The first kappa shape index (κ1) is 9.16. The van der Waals surface area contributed by atoms with Crippen molar-refractivity contribution in [3.63, 3.8) is 0 Å². The molecule has 3 rings (SSSR count). The van der Waals surface area contributed by atoms with Crippen molar-refractivity contribution in [2.75, 3.05) is 0 Å². The van der Waals surface area contributed by atoms with Gasteiger partial charge in [0.2, 0.25) is 0 Å². The van der Waals surface area contributed by atoms with Gasteiger partial charge in [0, 0.05) is 34.7 Å². The summed E-state index contributed by atoms with van der Waals surface area (Å²) < 4.78 is 0. The number of aromatic amines is 1. The van der Waals surface area contributed by atoms with E-state index in [0.29, 0.717) is 0 Å². The molecular weight excluding hydrogens is 204 g/mol. The summed E-state index contributed by atoms with van der Waals surface area (Å²) in [7, 11) is 0. The van der Waals surface area contributed by atoms with Gasteiger partial charge in [0.25, 0.3) is 0 Å². The van der Waals surface area contributed by atoms with Crippen molar-refractivity contribution >= 4 is 11.3 Å². The Morgan fingerprint density at radius 2 is 2.33 bits per heavy atom. The Hall–Kier alpha value is -1.09. The quantitative estimate of drug-likeness (QED) is 0.668. The Morgan fingerprint density at radius 1 is 1.47 bits per heavy atom. The molecule has 15 heavy (non-hydrogen) atoms. The smallest absolute Gasteiger partial charge is 0.106 e. The van der Waals surface area contributed by atoms with Gasteiger partial charge in [-0.2, -0.15) is 0 Å². The third-order valence-electron chi connectivity index (χ3n) is 2.96. The third-order valence-corrected chi connectivity index (χ3v) is 4.06. The molecule has 1 aliphatic carbocycles. The van der Waals surface area contributed by atoms with Gasteiger partial charge in [-0.1, -0.05) is 6.92 Å². The lowest BCUT2D eigenvalue weighted by Crippen LogP contribution is -2.03. The van der Waals surface area contributed by atoms with Crippen LogP contribution in [0.2, 0.25) is 0 Å². The van der Waals surface area contributed by atoms with E-state index in [0.717, 1.165) is 25.1 Å². The number of aromatic nitrogens is 2. The van der Waals surface area contributed by atoms with Crippen LogP contribution in [-0.2, 0) is 19.3 Å². The molecule has 0 spiro atoms. The van der Waals surface area contributed by atoms with Crippen molar-refractivity contribution in [2.45, 2.75) is 33.1 Å². The minimum Gasteiger partial charge on any atom is -0.345 e. The highest BCUT2D eigenvalue weighted by atomic mass is 32.1. The number of nitrogens with zero attached hydrogens (tertiary/aromatic N) is 1. The van der Waals surface area contributed by atoms with Crippen LogP contribution in [0.1, 0.15) is 39.5 Å². The summed E-state index contributed by atoms with van der Waals surface area (Å²) in [4.78, 5) is 11.0. The van der Waals surface area contributed by atoms with Gasteiger partial charge >= 0.3 is 0 Å². The highest BCUT2D eigenvalue weighted by molar-refractivity contribution is 7.12. The van der Waals surface area contributed by atoms with Gasteiger partial charge in [-0.25, -0.2) is 4.98 Å². The van der Waals surface area contributed by atoms with Crippen LogP contribution in [0.4, 0.5) is 0 Å². The molecule has 1 aliphatic rings. The number of hydrogen-bond donors (Lipinski definition) is 1. The second-order valence-electron chi connectivity index (χ2n) is 4.12. The number of aryl methyl sites for hydroxylation is 2. The van der Waals surface area contributed by atoms with Gasteiger partial charge < -0.3 is 4.98 Å². The van der Waals surface area contributed by atoms with E-state index in [1.165, 1.54) is 26.7 Å². The zero-order valence-corrected chi connectivity index (χ0v) is 9.87. The van der Waals surface area contributed by atoms with E-state index in [4.69, 9.17) is 0 Å². The maximum Gasteiger partial charge on any atom is 0.106 e. The lowest BCUT2D eigenvalue weighted by molar-refractivity contribution is 0.971. The normalized spacial score (nSPS) is 13.7. The zero-order chi connectivity index (χ0) is 10.4. The molecule has 0 aliphatic heterocycles. The molecule has 2 nitrogen and oxygen atoms in total. The molecular formula is C12H14N2S. The molecule has 0 fully saturated rings. The summed E-state index contributed by atoms with van der Waals surface area (Å²) in [5.41, 5.74) is 4.09. The third kappa shape index (κ3) is 1.42. The molecule has 0 amide bonds. The monoisotopic (exact) mass is 218 g/mol. The van der Waals surface area contributed by atoms with Crippen LogP contribution in [0.25, 0.3) is 0 Å². The molecule has 78 valence electrons. The Balaban J connectivity index is 2.03. The molecule has 1 N–H and O–H groups in total. The predicted molar refractivity (Wildman–Crippen MR) is 62.6 cm³/mol. The number of rotatable bonds is 1. The number of imidazole rings is 1. The first-order valence-electron chi connectivity index (χ1n) is 5.41. The van der Waals surface area contributed by atoms with Crippen LogP contribution in [0.3, 0.4) is 0 Å². The van der Waals surface area contributed by atoms with Crippen LogP contribution in [0.15, 0.2) is 6.07 Å². The number of thiophene rings is 1. The average Bonchev–Trinajstić information content (AvgIpc) is 2.74. The lowest BCUT2D eigenvalue weighted by Gasteiger charge is -2.09. The van der Waals surface area contributed by atoms with Crippen molar-refractivity contribution < 1.29 is 0 Å². The number of fused-ring (bicyclic) bond motifs is 2. The molecule has 2 aromatic heterocycles. The van der Waals surface area contributed by atoms with Crippen LogP contribution in [-0.4, -0.2) is 9.97 Å². The van der Waals surface area contributed by atoms with E-state index < -0.39 is 0 Å². The summed E-state index contributed by atoms with van der Waals surface area (Å²) in [5, 5.41) is 0. The molecule has 3 heteroatoms. The molecule has 2 heterocycles. The fourth-order valence-electron chi connectivity index (χ4n) is 2.22. The Bertz CT molecular complexity index is 467. The molecule has 0 bridgehead atoms. The Kier molecular flexibility index (Phi) is 1.96. The van der Waals surface area contributed by atoms with Gasteiger partial charge in [-0.15, -0.1) is 11.3 Å². The second-order valence-corrected chi connectivity index (χ2v) is 5.46. The van der Waals surface area contributed by atoms with Crippen molar-refractivity contribution in [2.24, 2.45) is 0 Å². The highest BCUT2D eigenvalue weighted by Crippen LogP contribution is 2.31. The highest BCUT2D eigenvalue weighted by Gasteiger charge is 2.20. The first-order valence-corrected chi connectivity index (χ1v) is 6.22. The van der Waals surface area contributed by atoms with E-state index in [9.17, 15) is 0 Å². The summed E-state index contributed by atoms with van der Waals surface area (Å²) in [6.45, 7) is 4.33. The maximum absolute atomic E-state index is 4.63. The summed E-state index contributed by atoms with van der Waals surface area (Å²) in [6, 6.07) is 2.31. The summed E-state index contributed by atoms with van der Waals surface area (Å²) in [5.74, 6) is 1.13. The largest absolute Gasteiger partial charge is 0.345 e. The summed E-state index contributed by atoms with van der Waals surface area (Å²) >= 11 is 1.92. The van der Waals surface area contributed by atoms with E-state index in [2.05, 4.69) is 29.9 Å². The van der Waals surface area contributed by atoms with Crippen molar-refractivity contribution in [3.8, 4) is 0 Å². The van der Waals surface area contributed by atoms with E-state index >= 15 is 0 Å². The standard InChI is InChI=1S/C12H14N2S/c1-3-12-13-9-5-8-4-7(2)15-11(8)6-10(9)14-12/h4H,3,5-6H2,1-2H3,(H,13,14). The number of H-pyrrole nitrogens is 1. The maximum atomic E-state index is 4.63. The number of hydrogen-bond acceptors (Lipinski definition) is 2. The molecule has 0 saturated carbocycles. The van der Waals surface area contributed by atoms with E-state index in [1.807, 2.05) is 11.3 Å². The topological polar surface area (TPSA) is 28.7 Å². The zero-order valence-electron chi connectivity index (χ0n) is 9.05. The predicted octanol–water partition coefficient (Wildman–Crippen LogP) is 2.84. The van der Waals surface area contributed by atoms with Crippen molar-refractivity contribution in [3.05, 3.63) is 38.6 Å². The first-order chi connectivity index (χ1) is 7.26. The van der Waals surface area contributed by atoms with Crippen LogP contribution >= 0.6 is 11.3 Å². The fraction of sp³-hybridized carbons (Fsp3) is 0.417. The van der Waals surface area contributed by atoms with Gasteiger partial charge in [0.15, 0.2) is 0 Å². The number of nitrogens with one attached hydrogen (secondary N) is 1. The van der Waals surface area contributed by atoms with Crippen LogP contribution < -0.4 is 0 Å². The molecule has 0 unspecified atom stereocenters. The van der Waals surface area contributed by atoms with Crippen LogP contribution in [0, 0.1) is 6.92 Å². The fourth-order valence-corrected chi connectivity index (χ4v) is 3.28. The molecule has 0 aromatic carbocycles. The van der Waals surface area contributed by atoms with Gasteiger partial charge in [0.1, 0.15) is 5.82 Å². The Morgan fingerprint density at radius 3 is 3.13 bits per heavy atom. The van der Waals surface area contributed by atoms with Gasteiger partial charge in [0.05, 0.1) is 5.69 Å². The second kappa shape index (κ2) is 3.20.